The number of nitrogens with zero attached hydrogens (tertiary/aromatic N) is 2. The number of nitrogens with one attached hydrogen (secondary N) is 1. The summed E-state index contributed by atoms with van der Waals surface area (Å²) < 4.78 is 31.1. The summed E-state index contributed by atoms with van der Waals surface area (Å²) >= 11 is 0. The van der Waals surface area contributed by atoms with Gasteiger partial charge in [0.2, 0.25) is 10.3 Å². The molecule has 0 spiro atoms. The number of piperidine rings is 1. The summed E-state index contributed by atoms with van der Waals surface area (Å²) in [5, 5.41) is 14.5. The molecule has 0 radical (unpaired) electrons. The topological polar surface area (TPSA) is 145 Å². The highest BCUT2D eigenvalue weighted by Gasteiger charge is 2.26. The first kappa shape index (κ1) is 22.1. The van der Waals surface area contributed by atoms with Gasteiger partial charge in [-0.1, -0.05) is 12.1 Å². The average Bonchev–Trinajstić information content (AvgIpc) is 2.70. The predicted molar refractivity (Wildman–Crippen MR) is 102 cm³/mol. The summed E-state index contributed by atoms with van der Waals surface area (Å²) in [7, 11) is -2.26. The zero-order chi connectivity index (χ0) is 21.2. The number of benzene rings is 1. The lowest BCUT2D eigenvalue weighted by atomic mass is 10.1. The molecule has 1 aromatic carbocycles. The summed E-state index contributed by atoms with van der Waals surface area (Å²) in [5.41, 5.74) is 0.191. The number of hydrogen-bond acceptors (Lipinski definition) is 8. The standard InChI is InChI=1S/C17H21N3O8S/c21-16(18-8-3-11-29(25)26)28-14-6-9-19(10-7-14)17(22)27-12-13-4-1-2-5-15(13)20(23)24/h1-2,4-5,11,14H,3,6-10,12H2,(H,18,21). The van der Waals surface area contributed by atoms with Crippen LogP contribution in [0.25, 0.3) is 0 Å². The molecule has 2 rings (SSSR count). The number of likely N-dealkylation sites (tertiary alicyclic amines) is 1. The maximum Gasteiger partial charge on any atom is 0.410 e. The predicted octanol–water partition coefficient (Wildman–Crippen LogP) is 1.49. The maximum absolute atomic E-state index is 12.2. The Bertz CT molecular complexity index is 870. The fourth-order valence-corrected chi connectivity index (χ4v) is 3.03. The number of carbonyl (C=O) groups is 2. The van der Waals surface area contributed by atoms with Gasteiger partial charge in [-0.2, -0.15) is 8.42 Å². The molecule has 0 aromatic heterocycles. The highest BCUT2D eigenvalue weighted by Crippen LogP contribution is 2.20. The van der Waals surface area contributed by atoms with Crippen LogP contribution in [0.3, 0.4) is 0 Å². The molecule has 0 bridgehead atoms. The molecular weight excluding hydrogens is 406 g/mol. The van der Waals surface area contributed by atoms with Gasteiger partial charge in [-0.15, -0.1) is 0 Å². The van der Waals surface area contributed by atoms with E-state index in [1.165, 1.54) is 23.1 Å². The number of para-hydroxylation sites is 1. The smallest absolute Gasteiger partial charge is 0.410 e. The average molecular weight is 427 g/mol. The Morgan fingerprint density at radius 2 is 1.97 bits per heavy atom. The fraction of sp³-hybridized carbons (Fsp3) is 0.471. The van der Waals surface area contributed by atoms with Crippen molar-refractivity contribution < 1.29 is 32.4 Å². The third-order valence-corrected chi connectivity index (χ3v) is 4.69. The second-order valence-electron chi connectivity index (χ2n) is 6.17. The second-order valence-corrected chi connectivity index (χ2v) is 7.03. The Labute approximate surface area is 168 Å². The van der Waals surface area contributed by atoms with E-state index in [9.17, 15) is 28.1 Å². The van der Waals surface area contributed by atoms with Crippen LogP contribution in [0.2, 0.25) is 0 Å². The third-order valence-electron chi connectivity index (χ3n) is 4.18. The van der Waals surface area contributed by atoms with Crippen molar-refractivity contribution >= 4 is 33.5 Å². The highest BCUT2D eigenvalue weighted by molar-refractivity contribution is 7.71. The molecule has 11 nitrogen and oxygen atoms in total. The molecule has 0 saturated carbocycles. The number of nitro groups is 1. The molecule has 1 N–H and O–H groups in total. The van der Waals surface area contributed by atoms with Crippen molar-refractivity contribution in [3.05, 3.63) is 39.9 Å². The van der Waals surface area contributed by atoms with Crippen LogP contribution in [0.1, 0.15) is 24.8 Å². The molecule has 2 amide bonds. The van der Waals surface area contributed by atoms with Gasteiger partial charge in [0.25, 0.3) is 5.69 Å². The highest BCUT2D eigenvalue weighted by atomic mass is 32.2. The Kier molecular flexibility index (Phi) is 8.40. The fourth-order valence-electron chi connectivity index (χ4n) is 2.72. The number of rotatable bonds is 7. The monoisotopic (exact) mass is 427 g/mol. The van der Waals surface area contributed by atoms with Gasteiger partial charge in [-0.25, -0.2) is 9.59 Å². The summed E-state index contributed by atoms with van der Waals surface area (Å²) in [4.78, 5) is 35.7. The minimum Gasteiger partial charge on any atom is -0.446 e. The van der Waals surface area contributed by atoms with Crippen LogP contribution in [0.5, 0.6) is 0 Å². The van der Waals surface area contributed by atoms with Crippen molar-refractivity contribution in [3.8, 4) is 0 Å². The van der Waals surface area contributed by atoms with Gasteiger partial charge in [0.1, 0.15) is 12.7 Å². The molecule has 29 heavy (non-hydrogen) atoms. The molecule has 0 unspecified atom stereocenters. The van der Waals surface area contributed by atoms with Crippen LogP contribution in [0, 0.1) is 10.1 Å². The van der Waals surface area contributed by atoms with E-state index in [1.54, 1.807) is 6.07 Å². The SMILES string of the molecule is O=C(NCCC=S(=O)=O)OC1CCN(C(=O)OCc2ccccc2[N+](=O)[O-])CC1. The molecule has 1 fully saturated rings. The first-order valence-electron chi connectivity index (χ1n) is 8.86. The maximum atomic E-state index is 12.2. The molecule has 1 saturated heterocycles. The summed E-state index contributed by atoms with van der Waals surface area (Å²) in [6, 6.07) is 6.03. The largest absolute Gasteiger partial charge is 0.446 e. The zero-order valence-electron chi connectivity index (χ0n) is 15.5. The molecule has 12 heteroatoms. The Morgan fingerprint density at radius 3 is 2.62 bits per heavy atom. The van der Waals surface area contributed by atoms with E-state index in [2.05, 4.69) is 5.32 Å². The molecular formula is C17H21N3O8S. The lowest BCUT2D eigenvalue weighted by Crippen LogP contribution is -2.42. The van der Waals surface area contributed by atoms with E-state index >= 15 is 0 Å². The van der Waals surface area contributed by atoms with E-state index < -0.39 is 27.4 Å². The summed E-state index contributed by atoms with van der Waals surface area (Å²) in [5.74, 6) is 0. The van der Waals surface area contributed by atoms with E-state index in [4.69, 9.17) is 9.47 Å². The molecule has 1 aliphatic heterocycles. The van der Waals surface area contributed by atoms with Crippen molar-refractivity contribution in [2.24, 2.45) is 0 Å². The van der Waals surface area contributed by atoms with Crippen LogP contribution in [0.15, 0.2) is 24.3 Å². The number of nitro benzene ring substituents is 1. The molecule has 158 valence electrons. The van der Waals surface area contributed by atoms with Gasteiger partial charge in [-0.05, 0) is 12.5 Å². The third kappa shape index (κ3) is 7.41. The van der Waals surface area contributed by atoms with Crippen LogP contribution in [-0.4, -0.2) is 61.5 Å². The molecule has 0 atom stereocenters. The molecule has 1 heterocycles. The van der Waals surface area contributed by atoms with E-state index in [-0.39, 0.29) is 31.4 Å². The van der Waals surface area contributed by atoms with Crippen LogP contribution in [0.4, 0.5) is 15.3 Å². The second kappa shape index (κ2) is 11.0. The first-order chi connectivity index (χ1) is 13.9. The molecule has 0 aliphatic carbocycles. The van der Waals surface area contributed by atoms with E-state index in [0.29, 0.717) is 31.5 Å². The molecule has 1 aromatic rings. The van der Waals surface area contributed by atoms with Crippen LogP contribution in [-0.2, 0) is 26.4 Å². The van der Waals surface area contributed by atoms with Gasteiger partial charge in [-0.3, -0.25) is 10.1 Å². The lowest BCUT2D eigenvalue weighted by molar-refractivity contribution is -0.385. The normalized spacial score (nSPS) is 14.0. The quantitative estimate of drug-likeness (QED) is 0.298. The zero-order valence-corrected chi connectivity index (χ0v) is 16.3. The van der Waals surface area contributed by atoms with Crippen LogP contribution >= 0.6 is 0 Å². The lowest BCUT2D eigenvalue weighted by Gasteiger charge is -2.30. The Balaban J connectivity index is 1.72. The number of carbonyl (C=O) groups excluding carboxylic acids is 2. The van der Waals surface area contributed by atoms with E-state index in [1.807, 2.05) is 0 Å². The van der Waals surface area contributed by atoms with Gasteiger partial charge >= 0.3 is 12.2 Å². The number of hydrogen-bond donors (Lipinski definition) is 1. The van der Waals surface area contributed by atoms with Gasteiger partial charge in [0.15, 0.2) is 0 Å². The van der Waals surface area contributed by atoms with E-state index in [0.717, 1.165) is 5.37 Å². The van der Waals surface area contributed by atoms with Crippen molar-refractivity contribution in [1.82, 2.24) is 10.2 Å². The minimum absolute atomic E-state index is 0.113. The van der Waals surface area contributed by atoms with Crippen LogP contribution < -0.4 is 5.32 Å². The van der Waals surface area contributed by atoms with Gasteiger partial charge < -0.3 is 19.7 Å². The van der Waals surface area contributed by atoms with Gasteiger partial charge in [0, 0.05) is 43.9 Å². The van der Waals surface area contributed by atoms with Crippen molar-refractivity contribution in [3.63, 3.8) is 0 Å². The summed E-state index contributed by atoms with van der Waals surface area (Å²) in [6.07, 6.45) is -0.587. The van der Waals surface area contributed by atoms with Crippen molar-refractivity contribution in [2.45, 2.75) is 32.0 Å². The van der Waals surface area contributed by atoms with Crippen molar-refractivity contribution in [2.75, 3.05) is 19.6 Å². The number of alkyl carbamates (subject to hydrolysis) is 1. The molecule has 1 aliphatic rings. The first-order valence-corrected chi connectivity index (χ1v) is 10.0. The number of amides is 2. The van der Waals surface area contributed by atoms with Gasteiger partial charge in [0.05, 0.1) is 10.5 Å². The van der Waals surface area contributed by atoms with Crippen molar-refractivity contribution in [1.29, 1.82) is 0 Å². The number of ether oxygens (including phenoxy) is 2. The summed E-state index contributed by atoms with van der Waals surface area (Å²) in [6.45, 7) is 0.566. The Morgan fingerprint density at radius 1 is 1.28 bits per heavy atom. The Hall–Kier alpha value is -3.15. The minimum atomic E-state index is -2.26.